The van der Waals surface area contributed by atoms with Crippen molar-refractivity contribution in [3.63, 3.8) is 0 Å². The molecule has 1 rings (SSSR count). The zero-order valence-electron chi connectivity index (χ0n) is 6.94. The fourth-order valence-corrected chi connectivity index (χ4v) is 0.968. The maximum absolute atomic E-state index is 12.0. The van der Waals surface area contributed by atoms with E-state index in [1.807, 2.05) is 0 Å². The predicted molar refractivity (Wildman–Crippen MR) is 35.6 cm³/mol. The second kappa shape index (κ2) is 2.88. The number of hydrogen-bond acceptors (Lipinski definition) is 2. The number of halogens is 3. The molecule has 1 heterocycles. The highest BCUT2D eigenvalue weighted by Gasteiger charge is 2.50. The van der Waals surface area contributed by atoms with Crippen LogP contribution in [0.25, 0.3) is 0 Å². The van der Waals surface area contributed by atoms with E-state index in [2.05, 4.69) is 0 Å². The molecule has 5 heteroatoms. The predicted octanol–water partition coefficient (Wildman–Crippen LogP) is 2.09. The third kappa shape index (κ3) is 1.90. The van der Waals surface area contributed by atoms with E-state index in [-0.39, 0.29) is 0 Å². The summed E-state index contributed by atoms with van der Waals surface area (Å²) in [4.78, 5) is 0. The van der Waals surface area contributed by atoms with E-state index in [1.54, 1.807) is 6.92 Å². The smallest absolute Gasteiger partial charge is 0.347 e. The summed E-state index contributed by atoms with van der Waals surface area (Å²) in [5, 5.41) is 0. The van der Waals surface area contributed by atoms with Crippen molar-refractivity contribution in [1.82, 2.24) is 0 Å². The Kier molecular flexibility index (Phi) is 2.35. The number of ether oxygens (including phenoxy) is 2. The molecule has 0 unspecified atom stereocenters. The molecular formula is C7H11F3O2. The maximum atomic E-state index is 12.0. The van der Waals surface area contributed by atoms with Gasteiger partial charge in [0.15, 0.2) is 11.9 Å². The van der Waals surface area contributed by atoms with Gasteiger partial charge in [-0.3, -0.25) is 0 Å². The molecule has 2 nitrogen and oxygen atoms in total. The summed E-state index contributed by atoms with van der Waals surface area (Å²) in [5.41, 5.74) is 0. The Hall–Kier alpha value is -0.290. The molecule has 0 amide bonds. The van der Waals surface area contributed by atoms with E-state index in [9.17, 15) is 13.2 Å². The van der Waals surface area contributed by atoms with Crippen molar-refractivity contribution in [2.75, 3.05) is 6.61 Å². The summed E-state index contributed by atoms with van der Waals surface area (Å²) in [6.07, 6.45) is -5.66. The molecule has 0 radical (unpaired) electrons. The maximum Gasteiger partial charge on any atom is 0.417 e. The van der Waals surface area contributed by atoms with Crippen molar-refractivity contribution >= 4 is 0 Å². The number of alkyl halides is 3. The summed E-state index contributed by atoms with van der Waals surface area (Å²) in [5.74, 6) is -1.06. The van der Waals surface area contributed by atoms with Crippen LogP contribution in [-0.4, -0.2) is 24.7 Å². The molecule has 1 fully saturated rings. The molecule has 1 aliphatic heterocycles. The lowest BCUT2D eigenvalue weighted by Crippen LogP contribution is -2.33. The summed E-state index contributed by atoms with van der Waals surface area (Å²) in [6.45, 7) is 2.84. The number of rotatable bonds is 1. The Bertz CT molecular complexity index is 169. The molecule has 1 aliphatic rings. The first kappa shape index (κ1) is 9.80. The van der Waals surface area contributed by atoms with Crippen molar-refractivity contribution in [3.05, 3.63) is 0 Å². The van der Waals surface area contributed by atoms with Gasteiger partial charge < -0.3 is 9.47 Å². The Morgan fingerprint density at radius 2 is 2.08 bits per heavy atom. The first-order valence-corrected chi connectivity index (χ1v) is 3.76. The van der Waals surface area contributed by atoms with Crippen LogP contribution in [0.2, 0.25) is 0 Å². The van der Waals surface area contributed by atoms with Gasteiger partial charge >= 0.3 is 6.18 Å². The second-order valence-corrected chi connectivity index (χ2v) is 2.95. The molecule has 2 atom stereocenters. The normalized spacial score (nSPS) is 37.2. The molecule has 12 heavy (non-hydrogen) atoms. The van der Waals surface area contributed by atoms with Gasteiger partial charge in [-0.05, 0) is 13.3 Å². The highest BCUT2D eigenvalue weighted by molar-refractivity contribution is 4.78. The zero-order chi connectivity index (χ0) is 9.41. The average molecular weight is 184 g/mol. The Labute approximate surface area is 68.6 Å². The SMILES string of the molecule is CC[C@@]1(C)OC[C@H](C(F)(F)F)O1. The van der Waals surface area contributed by atoms with Gasteiger partial charge in [-0.25, -0.2) is 0 Å². The van der Waals surface area contributed by atoms with Crippen LogP contribution in [0.4, 0.5) is 13.2 Å². The van der Waals surface area contributed by atoms with E-state index in [4.69, 9.17) is 9.47 Å². The molecular weight excluding hydrogens is 173 g/mol. The largest absolute Gasteiger partial charge is 0.417 e. The molecule has 0 aromatic heterocycles. The average Bonchev–Trinajstić information content (AvgIpc) is 2.32. The molecule has 72 valence electrons. The lowest BCUT2D eigenvalue weighted by Gasteiger charge is -2.21. The standard InChI is InChI=1S/C7H11F3O2/c1-3-6(2)11-4-5(12-6)7(8,9)10/h5H,3-4H2,1-2H3/t5-,6+/m1/s1. The molecule has 0 aliphatic carbocycles. The van der Waals surface area contributed by atoms with E-state index < -0.39 is 24.7 Å². The van der Waals surface area contributed by atoms with E-state index in [0.29, 0.717) is 6.42 Å². The summed E-state index contributed by atoms with van der Waals surface area (Å²) >= 11 is 0. The van der Waals surface area contributed by atoms with Crippen molar-refractivity contribution in [1.29, 1.82) is 0 Å². The van der Waals surface area contributed by atoms with Crippen LogP contribution >= 0.6 is 0 Å². The van der Waals surface area contributed by atoms with Crippen LogP contribution < -0.4 is 0 Å². The van der Waals surface area contributed by atoms with Gasteiger partial charge in [0.25, 0.3) is 0 Å². The van der Waals surface area contributed by atoms with Gasteiger partial charge in [-0.1, -0.05) is 6.92 Å². The topological polar surface area (TPSA) is 18.5 Å². The highest BCUT2D eigenvalue weighted by atomic mass is 19.4. The van der Waals surface area contributed by atoms with Gasteiger partial charge in [-0.15, -0.1) is 0 Å². The summed E-state index contributed by atoms with van der Waals surface area (Å²) < 4.78 is 45.7. The van der Waals surface area contributed by atoms with Gasteiger partial charge in [0.05, 0.1) is 6.61 Å². The Morgan fingerprint density at radius 3 is 2.33 bits per heavy atom. The molecule has 0 N–H and O–H groups in total. The third-order valence-corrected chi connectivity index (χ3v) is 1.94. The van der Waals surface area contributed by atoms with Crippen LogP contribution in [0.5, 0.6) is 0 Å². The fraction of sp³-hybridized carbons (Fsp3) is 1.00. The molecule has 0 spiro atoms. The lowest BCUT2D eigenvalue weighted by atomic mass is 10.2. The van der Waals surface area contributed by atoms with E-state index in [0.717, 1.165) is 0 Å². The van der Waals surface area contributed by atoms with Crippen molar-refractivity contribution in [3.8, 4) is 0 Å². The quantitative estimate of drug-likeness (QED) is 0.621. The van der Waals surface area contributed by atoms with Crippen LogP contribution in [0, 0.1) is 0 Å². The zero-order valence-corrected chi connectivity index (χ0v) is 6.94. The first-order valence-electron chi connectivity index (χ1n) is 3.76. The molecule has 0 saturated carbocycles. The minimum atomic E-state index is -4.31. The van der Waals surface area contributed by atoms with Crippen molar-refractivity contribution < 1.29 is 22.6 Å². The summed E-state index contributed by atoms with van der Waals surface area (Å²) in [7, 11) is 0. The van der Waals surface area contributed by atoms with Crippen LogP contribution in [0.1, 0.15) is 20.3 Å². The van der Waals surface area contributed by atoms with Crippen LogP contribution in [0.15, 0.2) is 0 Å². The van der Waals surface area contributed by atoms with Gasteiger partial charge in [0.1, 0.15) is 0 Å². The van der Waals surface area contributed by atoms with Crippen molar-refractivity contribution in [2.45, 2.75) is 38.3 Å². The van der Waals surface area contributed by atoms with Crippen molar-refractivity contribution in [2.24, 2.45) is 0 Å². The highest BCUT2D eigenvalue weighted by Crippen LogP contribution is 2.34. The molecule has 0 aromatic rings. The molecule has 1 saturated heterocycles. The van der Waals surface area contributed by atoms with Crippen LogP contribution in [0.3, 0.4) is 0 Å². The monoisotopic (exact) mass is 184 g/mol. The number of hydrogen-bond donors (Lipinski definition) is 0. The summed E-state index contributed by atoms with van der Waals surface area (Å²) in [6, 6.07) is 0. The minimum Gasteiger partial charge on any atom is -0.347 e. The van der Waals surface area contributed by atoms with Gasteiger partial charge in [0.2, 0.25) is 0 Å². The molecule has 0 aromatic carbocycles. The van der Waals surface area contributed by atoms with E-state index >= 15 is 0 Å². The lowest BCUT2D eigenvalue weighted by molar-refractivity contribution is -0.237. The first-order chi connectivity index (χ1) is 5.37. The minimum absolute atomic E-state index is 0.395. The van der Waals surface area contributed by atoms with Crippen LogP contribution in [-0.2, 0) is 9.47 Å². The fourth-order valence-electron chi connectivity index (χ4n) is 0.968. The second-order valence-electron chi connectivity index (χ2n) is 2.95. The third-order valence-electron chi connectivity index (χ3n) is 1.94. The Morgan fingerprint density at radius 1 is 1.50 bits per heavy atom. The van der Waals surface area contributed by atoms with Gasteiger partial charge in [-0.2, -0.15) is 13.2 Å². The van der Waals surface area contributed by atoms with Gasteiger partial charge in [0, 0.05) is 0 Å². The van der Waals surface area contributed by atoms with E-state index in [1.165, 1.54) is 6.92 Å². The Balaban J connectivity index is 2.57. The molecule has 0 bridgehead atoms.